The molecule has 23 heavy (non-hydrogen) atoms. The summed E-state index contributed by atoms with van der Waals surface area (Å²) in [6.07, 6.45) is -2.12. The predicted molar refractivity (Wildman–Crippen MR) is 86.3 cm³/mol. The van der Waals surface area contributed by atoms with E-state index < -0.39 is 32.3 Å². The number of hydrogen-bond donors (Lipinski definition) is 1. The molecule has 0 aromatic heterocycles. The molecule has 0 spiro atoms. The summed E-state index contributed by atoms with van der Waals surface area (Å²) in [6.45, 7) is 16.1. The number of aliphatic hydroxyl groups is 1. The lowest BCUT2D eigenvalue weighted by molar-refractivity contribution is -0.231. The van der Waals surface area contributed by atoms with Crippen molar-refractivity contribution in [1.82, 2.24) is 0 Å². The zero-order valence-electron chi connectivity index (χ0n) is 15.4. The van der Waals surface area contributed by atoms with Crippen LogP contribution in [0.25, 0.3) is 0 Å². The van der Waals surface area contributed by atoms with E-state index in [0.717, 1.165) is 0 Å². The van der Waals surface area contributed by atoms with Gasteiger partial charge in [0.25, 0.3) is 0 Å². The van der Waals surface area contributed by atoms with Gasteiger partial charge >= 0.3 is 0 Å². The van der Waals surface area contributed by atoms with Gasteiger partial charge < -0.3 is 28.5 Å². The van der Waals surface area contributed by atoms with Gasteiger partial charge in [0.15, 0.2) is 26.2 Å². The molecule has 3 aliphatic heterocycles. The molecular formula is C16H30O6Si. The number of fused-ring (bicyclic) bond motifs is 3. The van der Waals surface area contributed by atoms with Gasteiger partial charge in [0.05, 0.1) is 0 Å². The van der Waals surface area contributed by atoms with Gasteiger partial charge in [-0.05, 0) is 38.9 Å². The molecule has 1 N–H and O–H groups in total. The van der Waals surface area contributed by atoms with Gasteiger partial charge in [-0.3, -0.25) is 0 Å². The van der Waals surface area contributed by atoms with E-state index in [1.54, 1.807) is 6.92 Å². The van der Waals surface area contributed by atoms with Crippen LogP contribution in [0.3, 0.4) is 0 Å². The first-order valence-corrected chi connectivity index (χ1v) is 11.2. The van der Waals surface area contributed by atoms with E-state index in [-0.39, 0.29) is 23.4 Å². The second-order valence-electron chi connectivity index (χ2n) is 9.01. The maximum absolute atomic E-state index is 10.7. The number of rotatable bonds is 2. The first kappa shape index (κ1) is 17.8. The molecule has 6 nitrogen and oxygen atoms in total. The summed E-state index contributed by atoms with van der Waals surface area (Å²) in [4.78, 5) is 0. The molecule has 0 amide bonds. The molecule has 6 atom stereocenters. The molecule has 0 radical (unpaired) electrons. The van der Waals surface area contributed by atoms with E-state index in [1.807, 2.05) is 13.8 Å². The van der Waals surface area contributed by atoms with E-state index in [0.29, 0.717) is 0 Å². The quantitative estimate of drug-likeness (QED) is 0.774. The molecule has 134 valence electrons. The molecule has 1 unspecified atom stereocenters. The van der Waals surface area contributed by atoms with E-state index >= 15 is 0 Å². The van der Waals surface area contributed by atoms with Crippen molar-refractivity contribution in [1.29, 1.82) is 0 Å². The summed E-state index contributed by atoms with van der Waals surface area (Å²) in [5, 5.41) is 10.8. The molecule has 0 aromatic rings. The Bertz CT molecular complexity index is 483. The Kier molecular flexibility index (Phi) is 3.87. The fourth-order valence-electron chi connectivity index (χ4n) is 3.20. The van der Waals surface area contributed by atoms with Crippen LogP contribution in [0.5, 0.6) is 0 Å². The first-order chi connectivity index (χ1) is 10.2. The third kappa shape index (κ3) is 2.90. The van der Waals surface area contributed by atoms with Gasteiger partial charge in [-0.25, -0.2) is 0 Å². The Balaban J connectivity index is 1.81. The summed E-state index contributed by atoms with van der Waals surface area (Å²) in [7, 11) is -2.08. The summed E-state index contributed by atoms with van der Waals surface area (Å²) in [5.74, 6) is -2.10. The third-order valence-corrected chi connectivity index (χ3v) is 9.91. The summed E-state index contributed by atoms with van der Waals surface area (Å²) in [5.41, 5.74) is 0. The Morgan fingerprint density at radius 2 is 1.57 bits per heavy atom. The van der Waals surface area contributed by atoms with Crippen molar-refractivity contribution in [3.8, 4) is 0 Å². The summed E-state index contributed by atoms with van der Waals surface area (Å²) < 4.78 is 30.0. The standard InChI is InChI=1S/C16H30O6Si/c1-14(2,3)23(7,8)22-12-10-9(20-16(12,6)17)11-13(18-10)21-15(4,5)19-11/h9-13,17H,1-8H3/t9-,10-,11+,12-,13+,16?/m0/s1. The highest BCUT2D eigenvalue weighted by Gasteiger charge is 2.66. The molecule has 3 heterocycles. The molecule has 3 aliphatic rings. The maximum atomic E-state index is 10.7. The lowest BCUT2D eigenvalue weighted by Gasteiger charge is -2.41. The van der Waals surface area contributed by atoms with Crippen LogP contribution in [0, 0.1) is 0 Å². The lowest BCUT2D eigenvalue weighted by atomic mass is 10.1. The van der Waals surface area contributed by atoms with Crippen molar-refractivity contribution < 1.29 is 28.5 Å². The summed E-state index contributed by atoms with van der Waals surface area (Å²) >= 11 is 0. The van der Waals surface area contributed by atoms with Crippen LogP contribution in [0.1, 0.15) is 41.5 Å². The van der Waals surface area contributed by atoms with Crippen LogP contribution >= 0.6 is 0 Å². The highest BCUT2D eigenvalue weighted by Crippen LogP contribution is 2.49. The van der Waals surface area contributed by atoms with Crippen LogP contribution in [0.4, 0.5) is 0 Å². The van der Waals surface area contributed by atoms with Crippen LogP contribution in [-0.4, -0.2) is 55.7 Å². The Morgan fingerprint density at radius 1 is 0.957 bits per heavy atom. The van der Waals surface area contributed by atoms with E-state index in [4.69, 9.17) is 23.4 Å². The minimum atomic E-state index is -2.08. The lowest BCUT2D eigenvalue weighted by Crippen LogP contribution is -2.53. The fraction of sp³-hybridized carbons (Fsp3) is 1.00. The average molecular weight is 346 g/mol. The predicted octanol–water partition coefficient (Wildman–Crippen LogP) is 2.36. The normalized spacial score (nSPS) is 46.0. The van der Waals surface area contributed by atoms with Crippen molar-refractivity contribution in [2.75, 3.05) is 0 Å². The van der Waals surface area contributed by atoms with Crippen molar-refractivity contribution in [2.45, 2.75) is 102 Å². The fourth-order valence-corrected chi connectivity index (χ4v) is 4.54. The average Bonchev–Trinajstić information content (AvgIpc) is 2.85. The Morgan fingerprint density at radius 3 is 2.13 bits per heavy atom. The minimum absolute atomic E-state index is 0.0324. The highest BCUT2D eigenvalue weighted by atomic mass is 28.4. The van der Waals surface area contributed by atoms with Gasteiger partial charge in [0.2, 0.25) is 0 Å². The van der Waals surface area contributed by atoms with Crippen LogP contribution in [-0.2, 0) is 23.4 Å². The molecule has 0 bridgehead atoms. The SMILES string of the molecule is CC1(C)O[C@H]2O[C@H]3[C@H](OC(C)(O)[C@H]3O[Si](C)(C)C(C)(C)C)[C@H]2O1. The Labute approximate surface area is 139 Å². The maximum Gasteiger partial charge on any atom is 0.192 e. The molecule has 7 heteroatoms. The van der Waals surface area contributed by atoms with E-state index in [2.05, 4.69) is 33.9 Å². The molecule has 3 fully saturated rings. The largest absolute Gasteiger partial charge is 0.406 e. The zero-order valence-corrected chi connectivity index (χ0v) is 16.4. The topological polar surface area (TPSA) is 66.4 Å². The second kappa shape index (κ2) is 5.00. The van der Waals surface area contributed by atoms with Crippen molar-refractivity contribution in [2.24, 2.45) is 0 Å². The second-order valence-corrected chi connectivity index (χ2v) is 13.8. The molecule has 3 saturated heterocycles. The molecule has 0 aliphatic carbocycles. The zero-order chi connectivity index (χ0) is 17.4. The Hall–Kier alpha value is -0.0231. The monoisotopic (exact) mass is 346 g/mol. The van der Waals surface area contributed by atoms with Gasteiger partial charge in [0, 0.05) is 0 Å². The summed E-state index contributed by atoms with van der Waals surface area (Å²) in [6, 6.07) is 0. The van der Waals surface area contributed by atoms with E-state index in [1.165, 1.54) is 0 Å². The van der Waals surface area contributed by atoms with Crippen molar-refractivity contribution in [3.63, 3.8) is 0 Å². The molecule has 0 saturated carbocycles. The molecule has 0 aromatic carbocycles. The van der Waals surface area contributed by atoms with Crippen LogP contribution in [0.15, 0.2) is 0 Å². The van der Waals surface area contributed by atoms with E-state index in [9.17, 15) is 5.11 Å². The van der Waals surface area contributed by atoms with Gasteiger partial charge in [0.1, 0.15) is 24.4 Å². The number of ether oxygens (including phenoxy) is 4. The molecular weight excluding hydrogens is 316 g/mol. The number of hydrogen-bond acceptors (Lipinski definition) is 6. The van der Waals surface area contributed by atoms with Crippen molar-refractivity contribution >= 4 is 8.32 Å². The van der Waals surface area contributed by atoms with Crippen LogP contribution < -0.4 is 0 Å². The minimum Gasteiger partial charge on any atom is -0.406 e. The first-order valence-electron chi connectivity index (χ1n) is 8.33. The van der Waals surface area contributed by atoms with Crippen LogP contribution in [0.2, 0.25) is 18.1 Å². The smallest absolute Gasteiger partial charge is 0.192 e. The van der Waals surface area contributed by atoms with Gasteiger partial charge in [-0.15, -0.1) is 0 Å². The third-order valence-electron chi connectivity index (χ3n) is 5.46. The van der Waals surface area contributed by atoms with Gasteiger partial charge in [-0.1, -0.05) is 20.8 Å². The van der Waals surface area contributed by atoms with Gasteiger partial charge in [-0.2, -0.15) is 0 Å². The molecule has 3 rings (SSSR count). The highest BCUT2D eigenvalue weighted by molar-refractivity contribution is 6.74. The van der Waals surface area contributed by atoms with Crippen molar-refractivity contribution in [3.05, 3.63) is 0 Å².